The third kappa shape index (κ3) is 1.96. The Labute approximate surface area is 129 Å². The van der Waals surface area contributed by atoms with Crippen LogP contribution >= 0.6 is 7.82 Å². The van der Waals surface area contributed by atoms with Crippen molar-refractivity contribution in [2.75, 3.05) is 0 Å². The molecular formula is C15H21O6P. The summed E-state index contributed by atoms with van der Waals surface area (Å²) in [7, 11) is -3.92. The minimum atomic E-state index is -3.92. The Kier molecular flexibility index (Phi) is 3.76. The highest BCUT2D eigenvalue weighted by Crippen LogP contribution is 2.80. The fraction of sp³-hybridized carbons (Fsp3) is 0.600. The Bertz CT molecular complexity index is 595. The van der Waals surface area contributed by atoms with Crippen molar-refractivity contribution in [2.45, 2.75) is 51.3 Å². The number of benzene rings is 1. The molecule has 4 rings (SSSR count). The van der Waals surface area contributed by atoms with E-state index in [4.69, 9.17) is 13.6 Å². The van der Waals surface area contributed by atoms with Crippen LogP contribution in [0, 0.1) is 5.41 Å². The lowest BCUT2D eigenvalue weighted by Crippen LogP contribution is -2.70. The minimum absolute atomic E-state index is 0.328. The molecule has 0 aromatic heterocycles. The summed E-state index contributed by atoms with van der Waals surface area (Å²) in [6.45, 7) is 3.82. The Hall–Kier alpha value is -0.750. The Morgan fingerprint density at radius 3 is 2.27 bits per heavy atom. The van der Waals surface area contributed by atoms with Gasteiger partial charge in [-0.25, -0.2) is 18.1 Å². The van der Waals surface area contributed by atoms with Crippen LogP contribution in [0.3, 0.4) is 0 Å². The fourth-order valence-electron chi connectivity index (χ4n) is 3.42. The number of aliphatic hydroxyl groups is 2. The predicted octanol–water partition coefficient (Wildman–Crippen LogP) is 3.25. The normalized spacial score (nSPS) is 43.6. The summed E-state index contributed by atoms with van der Waals surface area (Å²) in [5, 5.41) is 22.0. The molecule has 2 unspecified atom stereocenters. The number of fused-ring (bicyclic) bond motifs is 2. The first-order chi connectivity index (χ1) is 10.3. The average molecular weight is 328 g/mol. The lowest BCUT2D eigenvalue weighted by atomic mass is 9.68. The van der Waals surface area contributed by atoms with Gasteiger partial charge in [0.05, 0.1) is 0 Å². The third-order valence-electron chi connectivity index (χ3n) is 4.69. The van der Waals surface area contributed by atoms with Gasteiger partial charge in [-0.3, -0.25) is 0 Å². The van der Waals surface area contributed by atoms with E-state index in [2.05, 4.69) is 0 Å². The number of hydrogen-bond donors (Lipinski definition) is 2. The fourth-order valence-corrected chi connectivity index (χ4v) is 5.07. The van der Waals surface area contributed by atoms with Gasteiger partial charge in [0, 0.05) is 5.56 Å². The van der Waals surface area contributed by atoms with Gasteiger partial charge < -0.3 is 10.2 Å². The molecule has 3 saturated heterocycles. The van der Waals surface area contributed by atoms with Gasteiger partial charge in [-0.1, -0.05) is 57.0 Å². The molecule has 6 nitrogen and oxygen atoms in total. The maximum Gasteiger partial charge on any atom is 0.486 e. The Morgan fingerprint density at radius 2 is 1.73 bits per heavy atom. The summed E-state index contributed by atoms with van der Waals surface area (Å²) in [6.07, 6.45) is 2.32. The van der Waals surface area contributed by atoms with Crippen molar-refractivity contribution in [1.29, 1.82) is 0 Å². The topological polar surface area (TPSA) is 85.2 Å². The molecule has 2 atom stereocenters. The number of unbranched alkanes of at least 4 members (excludes halogenated alkanes) is 1. The standard InChI is InChI=1S/C15H21O6P/c1-3-5-11-13(4-2)14(16,12-9-7-6-8-10-12)19-22(18)20-15(13,17)21-22/h6-10,16-17H,3-5,11H2,1-2H3. The molecule has 1 aromatic rings. The van der Waals surface area contributed by atoms with E-state index in [0.29, 0.717) is 18.4 Å². The molecule has 2 N–H and O–H groups in total. The van der Waals surface area contributed by atoms with Crippen LogP contribution < -0.4 is 0 Å². The second kappa shape index (κ2) is 5.13. The van der Waals surface area contributed by atoms with Gasteiger partial charge in [-0.2, -0.15) is 0 Å². The Balaban J connectivity index is 2.14. The number of hydrogen-bond acceptors (Lipinski definition) is 6. The van der Waals surface area contributed by atoms with Crippen LogP contribution in [0.2, 0.25) is 0 Å². The first-order valence-corrected chi connectivity index (χ1v) is 9.03. The van der Waals surface area contributed by atoms with Crippen LogP contribution in [0.5, 0.6) is 0 Å². The highest BCUT2D eigenvalue weighted by atomic mass is 31.2. The molecule has 7 heteroatoms. The first kappa shape index (κ1) is 16.1. The average Bonchev–Trinajstić information content (AvgIpc) is 2.46. The molecule has 3 fully saturated rings. The largest absolute Gasteiger partial charge is 0.486 e. The summed E-state index contributed by atoms with van der Waals surface area (Å²) in [4.78, 5) is 0. The van der Waals surface area contributed by atoms with Gasteiger partial charge in [0.25, 0.3) is 0 Å². The summed E-state index contributed by atoms with van der Waals surface area (Å²) in [6, 6.07) is 8.66. The summed E-state index contributed by atoms with van der Waals surface area (Å²) in [5.74, 6) is -4.03. The van der Waals surface area contributed by atoms with Gasteiger partial charge in [-0.15, -0.1) is 0 Å². The van der Waals surface area contributed by atoms with Crippen LogP contribution in [0.25, 0.3) is 0 Å². The lowest BCUT2D eigenvalue weighted by molar-refractivity contribution is -0.495. The van der Waals surface area contributed by atoms with E-state index in [9.17, 15) is 14.8 Å². The van der Waals surface area contributed by atoms with Crippen LogP contribution in [-0.2, 0) is 23.9 Å². The zero-order valence-electron chi connectivity index (χ0n) is 12.7. The molecule has 0 radical (unpaired) electrons. The van der Waals surface area contributed by atoms with Gasteiger partial charge >= 0.3 is 13.8 Å². The first-order valence-electron chi connectivity index (χ1n) is 7.57. The minimum Gasteiger partial charge on any atom is -0.361 e. The molecule has 3 aliphatic heterocycles. The highest BCUT2D eigenvalue weighted by Gasteiger charge is 2.81. The van der Waals surface area contributed by atoms with Gasteiger partial charge in [0.2, 0.25) is 5.79 Å². The second-order valence-electron chi connectivity index (χ2n) is 5.85. The highest BCUT2D eigenvalue weighted by molar-refractivity contribution is 7.49. The van der Waals surface area contributed by atoms with Crippen LogP contribution in [0.15, 0.2) is 30.3 Å². The maximum absolute atomic E-state index is 12.2. The summed E-state index contributed by atoms with van der Waals surface area (Å²) >= 11 is 0. The zero-order valence-corrected chi connectivity index (χ0v) is 13.6. The van der Waals surface area contributed by atoms with E-state index in [1.165, 1.54) is 0 Å². The van der Waals surface area contributed by atoms with E-state index in [1.807, 2.05) is 13.8 Å². The van der Waals surface area contributed by atoms with Crippen molar-refractivity contribution in [3.63, 3.8) is 0 Å². The number of phosphoric ester groups is 1. The van der Waals surface area contributed by atoms with E-state index in [-0.39, 0.29) is 0 Å². The summed E-state index contributed by atoms with van der Waals surface area (Å²) < 4.78 is 27.7. The molecule has 3 heterocycles. The molecule has 0 aliphatic carbocycles. The second-order valence-corrected chi connectivity index (χ2v) is 7.29. The molecule has 3 aliphatic rings. The van der Waals surface area contributed by atoms with Crippen LogP contribution in [-0.4, -0.2) is 16.2 Å². The van der Waals surface area contributed by atoms with Crippen molar-refractivity contribution in [3.05, 3.63) is 35.9 Å². The molecule has 0 amide bonds. The quantitative estimate of drug-likeness (QED) is 0.807. The lowest BCUT2D eigenvalue weighted by Gasteiger charge is -2.63. The molecule has 1 aromatic carbocycles. The van der Waals surface area contributed by atoms with E-state index in [1.54, 1.807) is 30.3 Å². The van der Waals surface area contributed by atoms with E-state index in [0.717, 1.165) is 12.8 Å². The molecule has 0 saturated carbocycles. The van der Waals surface area contributed by atoms with E-state index >= 15 is 0 Å². The van der Waals surface area contributed by atoms with Gasteiger partial charge in [0.1, 0.15) is 5.41 Å². The maximum atomic E-state index is 12.2. The number of rotatable bonds is 5. The van der Waals surface area contributed by atoms with Crippen molar-refractivity contribution < 1.29 is 28.3 Å². The van der Waals surface area contributed by atoms with Crippen molar-refractivity contribution in [2.24, 2.45) is 5.41 Å². The molecule has 122 valence electrons. The van der Waals surface area contributed by atoms with Crippen molar-refractivity contribution in [3.8, 4) is 0 Å². The molecule has 2 bridgehead atoms. The predicted molar refractivity (Wildman–Crippen MR) is 78.4 cm³/mol. The van der Waals surface area contributed by atoms with Gasteiger partial charge in [-0.05, 0) is 12.8 Å². The third-order valence-corrected chi connectivity index (χ3v) is 6.12. The summed E-state index contributed by atoms with van der Waals surface area (Å²) in [5.41, 5.74) is -0.832. The monoisotopic (exact) mass is 328 g/mol. The molecular weight excluding hydrogens is 307 g/mol. The zero-order chi connectivity index (χ0) is 16.1. The number of phosphoric acid groups is 1. The Morgan fingerprint density at radius 1 is 1.09 bits per heavy atom. The van der Waals surface area contributed by atoms with Crippen molar-refractivity contribution >= 4 is 7.82 Å². The molecule has 0 spiro atoms. The molecule has 22 heavy (non-hydrogen) atoms. The van der Waals surface area contributed by atoms with Gasteiger partial charge in [0.15, 0.2) is 0 Å². The van der Waals surface area contributed by atoms with Crippen LogP contribution in [0.4, 0.5) is 0 Å². The van der Waals surface area contributed by atoms with Crippen LogP contribution in [0.1, 0.15) is 45.1 Å². The van der Waals surface area contributed by atoms with E-state index < -0.39 is 25.0 Å². The smallest absolute Gasteiger partial charge is 0.361 e. The SMILES string of the molecule is CCCCC1(CC)C2(O)OP(=O)(O2)OC1(O)c1ccccc1. The van der Waals surface area contributed by atoms with Crippen molar-refractivity contribution in [1.82, 2.24) is 0 Å².